The minimum absolute atomic E-state index is 0.0882. The van der Waals surface area contributed by atoms with E-state index in [2.05, 4.69) is 13.0 Å². The molecule has 2 N–H and O–H groups in total. The van der Waals surface area contributed by atoms with E-state index in [0.29, 0.717) is 0 Å². The maximum atomic E-state index is 6.28. The molecule has 3 atom stereocenters. The van der Waals surface area contributed by atoms with Gasteiger partial charge in [-0.05, 0) is 13.0 Å². The van der Waals surface area contributed by atoms with Gasteiger partial charge in [0.1, 0.15) is 11.4 Å². The topological polar surface area (TPSA) is 44.5 Å². The Labute approximate surface area is 102 Å². The van der Waals surface area contributed by atoms with Crippen LogP contribution in [0.3, 0.4) is 0 Å². The summed E-state index contributed by atoms with van der Waals surface area (Å²) in [5.74, 6) is 0.959. The second-order valence-electron chi connectivity index (χ2n) is 5.27. The van der Waals surface area contributed by atoms with E-state index >= 15 is 0 Å². The first-order chi connectivity index (χ1) is 8.19. The third-order valence-corrected chi connectivity index (χ3v) is 3.86. The van der Waals surface area contributed by atoms with Crippen molar-refractivity contribution in [2.75, 3.05) is 6.61 Å². The molecule has 3 heteroatoms. The second kappa shape index (κ2) is 4.00. The summed E-state index contributed by atoms with van der Waals surface area (Å²) in [6.07, 6.45) is 3.05. The number of para-hydroxylation sites is 1. The molecule has 0 amide bonds. The maximum absolute atomic E-state index is 6.28. The standard InChI is InChI=1S/C14H19NO2/c1-10-8-14(6-7-16-10)9-12(15)11-4-2-3-5-13(11)17-14/h2-5,10,12H,6-9,15H2,1H3. The van der Waals surface area contributed by atoms with Gasteiger partial charge in [0.25, 0.3) is 0 Å². The van der Waals surface area contributed by atoms with E-state index in [9.17, 15) is 0 Å². The van der Waals surface area contributed by atoms with Crippen molar-refractivity contribution in [2.24, 2.45) is 5.73 Å². The first-order valence-electron chi connectivity index (χ1n) is 6.34. The van der Waals surface area contributed by atoms with Crippen LogP contribution >= 0.6 is 0 Å². The highest BCUT2D eigenvalue weighted by Gasteiger charge is 2.42. The van der Waals surface area contributed by atoms with E-state index in [1.54, 1.807) is 0 Å². The molecule has 1 fully saturated rings. The lowest BCUT2D eigenvalue weighted by atomic mass is 9.80. The zero-order valence-corrected chi connectivity index (χ0v) is 10.2. The number of hydrogen-bond donors (Lipinski definition) is 1. The molecule has 1 aromatic carbocycles. The predicted molar refractivity (Wildman–Crippen MR) is 66.0 cm³/mol. The van der Waals surface area contributed by atoms with E-state index in [1.807, 2.05) is 18.2 Å². The number of benzene rings is 1. The van der Waals surface area contributed by atoms with Crippen LogP contribution in [0, 0.1) is 0 Å². The van der Waals surface area contributed by atoms with Gasteiger partial charge in [-0.1, -0.05) is 18.2 Å². The number of hydrogen-bond acceptors (Lipinski definition) is 3. The Morgan fingerprint density at radius 2 is 2.12 bits per heavy atom. The van der Waals surface area contributed by atoms with Crippen LogP contribution in [0.1, 0.15) is 37.8 Å². The van der Waals surface area contributed by atoms with Gasteiger partial charge < -0.3 is 15.2 Å². The Morgan fingerprint density at radius 3 is 2.94 bits per heavy atom. The molecule has 3 nitrogen and oxygen atoms in total. The molecule has 0 bridgehead atoms. The summed E-state index contributed by atoms with van der Waals surface area (Å²) in [7, 11) is 0. The molecule has 0 aliphatic carbocycles. The molecule has 3 unspecified atom stereocenters. The van der Waals surface area contributed by atoms with Gasteiger partial charge in [-0.2, -0.15) is 0 Å². The van der Waals surface area contributed by atoms with Gasteiger partial charge >= 0.3 is 0 Å². The van der Waals surface area contributed by atoms with Crippen LogP contribution < -0.4 is 10.5 Å². The van der Waals surface area contributed by atoms with Crippen molar-refractivity contribution in [2.45, 2.75) is 43.9 Å². The molecule has 1 aromatic rings. The van der Waals surface area contributed by atoms with Crippen molar-refractivity contribution >= 4 is 0 Å². The molecule has 1 saturated heterocycles. The highest BCUT2D eigenvalue weighted by molar-refractivity contribution is 5.38. The Morgan fingerprint density at radius 1 is 1.29 bits per heavy atom. The fourth-order valence-corrected chi connectivity index (χ4v) is 3.07. The number of nitrogens with two attached hydrogens (primary N) is 1. The monoisotopic (exact) mass is 233 g/mol. The van der Waals surface area contributed by atoms with Gasteiger partial charge in [-0.3, -0.25) is 0 Å². The third-order valence-electron chi connectivity index (χ3n) is 3.86. The van der Waals surface area contributed by atoms with Crippen molar-refractivity contribution in [3.63, 3.8) is 0 Å². The zero-order valence-electron chi connectivity index (χ0n) is 10.2. The number of fused-ring (bicyclic) bond motifs is 1. The molecule has 2 aliphatic heterocycles. The third kappa shape index (κ3) is 1.94. The molecule has 0 aromatic heterocycles. The van der Waals surface area contributed by atoms with Crippen molar-refractivity contribution < 1.29 is 9.47 Å². The first kappa shape index (κ1) is 11.1. The van der Waals surface area contributed by atoms with Crippen molar-refractivity contribution in [1.29, 1.82) is 0 Å². The summed E-state index contributed by atoms with van der Waals surface area (Å²) in [6, 6.07) is 8.21. The molecular formula is C14H19NO2. The maximum Gasteiger partial charge on any atom is 0.124 e. The van der Waals surface area contributed by atoms with Gasteiger partial charge in [0.05, 0.1) is 12.7 Å². The average molecular weight is 233 g/mol. The Kier molecular flexibility index (Phi) is 2.60. The van der Waals surface area contributed by atoms with E-state index in [4.69, 9.17) is 15.2 Å². The summed E-state index contributed by atoms with van der Waals surface area (Å²) < 4.78 is 11.8. The largest absolute Gasteiger partial charge is 0.487 e. The highest BCUT2D eigenvalue weighted by atomic mass is 16.5. The minimum atomic E-state index is -0.106. The van der Waals surface area contributed by atoms with E-state index < -0.39 is 0 Å². The molecule has 3 rings (SSSR count). The molecular weight excluding hydrogens is 214 g/mol. The van der Waals surface area contributed by atoms with Gasteiger partial charge in [0.15, 0.2) is 0 Å². The van der Waals surface area contributed by atoms with E-state index in [1.165, 1.54) is 0 Å². The van der Waals surface area contributed by atoms with Crippen molar-refractivity contribution in [3.8, 4) is 5.75 Å². The van der Waals surface area contributed by atoms with Crippen LogP contribution in [0.25, 0.3) is 0 Å². The molecule has 17 heavy (non-hydrogen) atoms. The van der Waals surface area contributed by atoms with Crippen molar-refractivity contribution in [1.82, 2.24) is 0 Å². The van der Waals surface area contributed by atoms with Gasteiger partial charge in [-0.25, -0.2) is 0 Å². The summed E-state index contributed by atoms with van der Waals surface area (Å²) >= 11 is 0. The molecule has 0 radical (unpaired) electrons. The first-order valence-corrected chi connectivity index (χ1v) is 6.34. The van der Waals surface area contributed by atoms with Crippen LogP contribution in [0.5, 0.6) is 5.75 Å². The van der Waals surface area contributed by atoms with Crippen LogP contribution in [-0.4, -0.2) is 18.3 Å². The van der Waals surface area contributed by atoms with Crippen LogP contribution in [-0.2, 0) is 4.74 Å². The fraction of sp³-hybridized carbons (Fsp3) is 0.571. The quantitative estimate of drug-likeness (QED) is 0.748. The summed E-state index contributed by atoms with van der Waals surface area (Å²) in [5, 5.41) is 0. The smallest absolute Gasteiger partial charge is 0.124 e. The van der Waals surface area contributed by atoms with E-state index in [-0.39, 0.29) is 17.7 Å². The highest BCUT2D eigenvalue weighted by Crippen LogP contribution is 2.43. The molecule has 2 heterocycles. The Hall–Kier alpha value is -1.06. The molecule has 1 spiro atoms. The lowest BCUT2D eigenvalue weighted by molar-refractivity contribution is -0.0949. The Balaban J connectivity index is 1.92. The van der Waals surface area contributed by atoms with Gasteiger partial charge in [0.2, 0.25) is 0 Å². The lowest BCUT2D eigenvalue weighted by Crippen LogP contribution is -2.49. The second-order valence-corrected chi connectivity index (χ2v) is 5.27. The number of rotatable bonds is 0. The normalized spacial score (nSPS) is 36.4. The lowest BCUT2D eigenvalue weighted by Gasteiger charge is -2.45. The van der Waals surface area contributed by atoms with Crippen LogP contribution in [0.2, 0.25) is 0 Å². The SMILES string of the molecule is CC1CC2(CCO1)CC(N)c1ccccc1O2. The van der Waals surface area contributed by atoms with Gasteiger partial charge in [-0.15, -0.1) is 0 Å². The Bertz CT molecular complexity index is 420. The molecule has 0 saturated carbocycles. The molecule has 2 aliphatic rings. The summed E-state index contributed by atoms with van der Waals surface area (Å²) in [4.78, 5) is 0. The zero-order chi connectivity index (χ0) is 11.9. The summed E-state index contributed by atoms with van der Waals surface area (Å²) in [6.45, 7) is 2.88. The van der Waals surface area contributed by atoms with E-state index in [0.717, 1.165) is 37.2 Å². The van der Waals surface area contributed by atoms with Crippen molar-refractivity contribution in [3.05, 3.63) is 29.8 Å². The summed E-state index contributed by atoms with van der Waals surface area (Å²) in [5.41, 5.74) is 7.31. The van der Waals surface area contributed by atoms with Crippen LogP contribution in [0.15, 0.2) is 24.3 Å². The predicted octanol–water partition coefficient (Wildman–Crippen LogP) is 2.41. The molecule has 92 valence electrons. The number of ether oxygens (including phenoxy) is 2. The van der Waals surface area contributed by atoms with Crippen LogP contribution in [0.4, 0.5) is 0 Å². The fourth-order valence-electron chi connectivity index (χ4n) is 3.07. The average Bonchev–Trinajstić information content (AvgIpc) is 2.28. The minimum Gasteiger partial charge on any atom is -0.487 e. The van der Waals surface area contributed by atoms with Gasteiger partial charge in [0, 0.05) is 30.9 Å².